The number of esters is 1. The molecule has 0 aromatic rings. The summed E-state index contributed by atoms with van der Waals surface area (Å²) < 4.78 is 34.5. The third-order valence-corrected chi connectivity index (χ3v) is 15.0. The minimum Gasteiger partial charge on any atom is -0.457 e. The fourth-order valence-electron chi connectivity index (χ4n) is 9.29. The molecule has 1 aliphatic carbocycles. The standard InChI is InChI=1S/C60H111O12P/c1-3-5-7-9-11-13-15-17-19-21-23-25-27-29-31-33-35-37-39-41-43-45-47-49-54(61)71-53(52-70-73(67,68)72-60-58(65)56(63)55(62)57(64)59(60)66)51-69-50-48-46-44-42-40-38-36-34-32-30-28-26-24-22-20-18-16-14-12-10-8-6-4-2/h5,7,11,13,17,19,23,25,53,55-60,62-66H,3-4,6,8-10,12,14-16,18,20-22,24,26-52H2,1-2H3,(H,67,68)/b7-5-,13-11-,19-17-,25-23-. The molecule has 13 heteroatoms. The number of rotatable bonds is 52. The van der Waals surface area contributed by atoms with Crippen LogP contribution in [0, 0.1) is 0 Å². The van der Waals surface area contributed by atoms with Gasteiger partial charge in [-0.2, -0.15) is 0 Å². The summed E-state index contributed by atoms with van der Waals surface area (Å²) in [5, 5.41) is 50.5. The van der Waals surface area contributed by atoms with Crippen LogP contribution in [0.2, 0.25) is 0 Å². The van der Waals surface area contributed by atoms with Gasteiger partial charge in [0.05, 0.1) is 13.2 Å². The normalized spacial score (nSPS) is 20.8. The van der Waals surface area contributed by atoms with Gasteiger partial charge in [0.2, 0.25) is 0 Å². The summed E-state index contributed by atoms with van der Waals surface area (Å²) in [4.78, 5) is 23.4. The molecule has 1 saturated carbocycles. The average molecular weight is 1060 g/mol. The summed E-state index contributed by atoms with van der Waals surface area (Å²) in [6.45, 7) is 4.20. The molecule has 6 atom stereocenters. The van der Waals surface area contributed by atoms with Crippen molar-refractivity contribution in [1.82, 2.24) is 0 Å². The second kappa shape index (κ2) is 49.8. The summed E-state index contributed by atoms with van der Waals surface area (Å²) in [6, 6.07) is 0. The molecule has 0 heterocycles. The molecule has 0 amide bonds. The van der Waals surface area contributed by atoms with Crippen LogP contribution in [0.1, 0.15) is 264 Å². The predicted octanol–water partition coefficient (Wildman–Crippen LogP) is 14.7. The average Bonchev–Trinajstić information content (AvgIpc) is 3.38. The fraction of sp³-hybridized carbons (Fsp3) is 0.850. The van der Waals surface area contributed by atoms with Gasteiger partial charge < -0.3 is 39.9 Å². The number of hydrogen-bond acceptors (Lipinski definition) is 11. The van der Waals surface area contributed by atoms with Crippen LogP contribution in [-0.2, 0) is 27.9 Å². The Balaban J connectivity index is 2.26. The molecular weight excluding hydrogens is 944 g/mol. The summed E-state index contributed by atoms with van der Waals surface area (Å²) in [5.74, 6) is -0.478. The van der Waals surface area contributed by atoms with Crippen molar-refractivity contribution in [3.8, 4) is 0 Å². The zero-order valence-electron chi connectivity index (χ0n) is 46.4. The molecule has 0 aromatic heterocycles. The van der Waals surface area contributed by atoms with Gasteiger partial charge in [0.15, 0.2) is 0 Å². The maximum absolute atomic E-state index is 12.9. The van der Waals surface area contributed by atoms with Crippen molar-refractivity contribution in [3.05, 3.63) is 48.6 Å². The van der Waals surface area contributed by atoms with Gasteiger partial charge in [-0.3, -0.25) is 13.8 Å². The van der Waals surface area contributed by atoms with E-state index >= 15 is 0 Å². The largest absolute Gasteiger partial charge is 0.472 e. The van der Waals surface area contributed by atoms with Crippen molar-refractivity contribution >= 4 is 13.8 Å². The summed E-state index contributed by atoms with van der Waals surface area (Å²) >= 11 is 0. The minimum absolute atomic E-state index is 0.0756. The number of phosphoric ester groups is 1. The maximum atomic E-state index is 12.9. The van der Waals surface area contributed by atoms with Gasteiger partial charge in [-0.25, -0.2) is 4.57 Å². The van der Waals surface area contributed by atoms with Crippen LogP contribution in [0.3, 0.4) is 0 Å². The minimum atomic E-state index is -5.03. The highest BCUT2D eigenvalue weighted by Crippen LogP contribution is 2.47. The lowest BCUT2D eigenvalue weighted by Gasteiger charge is -2.41. The number of hydrogen-bond donors (Lipinski definition) is 6. The van der Waals surface area contributed by atoms with Crippen LogP contribution in [0.15, 0.2) is 48.6 Å². The van der Waals surface area contributed by atoms with Crippen molar-refractivity contribution in [2.45, 2.75) is 307 Å². The molecule has 0 saturated heterocycles. The first-order valence-electron chi connectivity index (χ1n) is 30.0. The zero-order valence-corrected chi connectivity index (χ0v) is 47.3. The monoisotopic (exact) mass is 1050 g/mol. The van der Waals surface area contributed by atoms with E-state index in [4.69, 9.17) is 18.5 Å². The molecule has 6 N–H and O–H groups in total. The topological polar surface area (TPSA) is 192 Å². The quantitative estimate of drug-likeness (QED) is 0.0146. The number of ether oxygens (including phenoxy) is 2. The Morgan fingerprint density at radius 1 is 0.452 bits per heavy atom. The van der Waals surface area contributed by atoms with Crippen molar-refractivity contribution in [2.75, 3.05) is 19.8 Å². The molecule has 12 nitrogen and oxygen atoms in total. The smallest absolute Gasteiger partial charge is 0.457 e. The first-order valence-corrected chi connectivity index (χ1v) is 31.5. The number of allylic oxidation sites excluding steroid dienone is 8. The molecule has 0 bridgehead atoms. The van der Waals surface area contributed by atoms with Crippen LogP contribution in [0.4, 0.5) is 0 Å². The zero-order chi connectivity index (χ0) is 53.3. The molecule has 428 valence electrons. The van der Waals surface area contributed by atoms with Crippen molar-refractivity contribution in [3.63, 3.8) is 0 Å². The van der Waals surface area contributed by atoms with E-state index in [9.17, 15) is 39.8 Å². The van der Waals surface area contributed by atoms with Gasteiger partial charge in [0, 0.05) is 13.0 Å². The molecule has 0 aromatic carbocycles. The summed E-state index contributed by atoms with van der Waals surface area (Å²) in [7, 11) is -5.03. The highest BCUT2D eigenvalue weighted by atomic mass is 31.2. The van der Waals surface area contributed by atoms with E-state index in [2.05, 4.69) is 62.5 Å². The predicted molar refractivity (Wildman–Crippen MR) is 299 cm³/mol. The number of unbranched alkanes of at least 4 members (excludes halogenated alkanes) is 32. The fourth-order valence-corrected chi connectivity index (χ4v) is 10.3. The number of phosphoric acid groups is 1. The summed E-state index contributed by atoms with van der Waals surface area (Å²) in [5.41, 5.74) is 0. The second-order valence-electron chi connectivity index (χ2n) is 20.8. The van der Waals surface area contributed by atoms with Gasteiger partial charge in [-0.05, 0) is 51.4 Å². The number of carbonyl (C=O) groups is 1. The van der Waals surface area contributed by atoms with Crippen molar-refractivity contribution in [2.24, 2.45) is 0 Å². The Kier molecular flexibility index (Phi) is 47.3. The molecule has 0 aliphatic heterocycles. The Morgan fingerprint density at radius 3 is 1.23 bits per heavy atom. The second-order valence-corrected chi connectivity index (χ2v) is 22.2. The number of aliphatic hydroxyl groups is 5. The molecule has 1 rings (SSSR count). The Bertz CT molecular complexity index is 1390. The highest BCUT2D eigenvalue weighted by molar-refractivity contribution is 7.47. The Labute approximate surface area is 445 Å². The third-order valence-electron chi connectivity index (χ3n) is 14.0. The van der Waals surface area contributed by atoms with Crippen LogP contribution in [0.5, 0.6) is 0 Å². The van der Waals surface area contributed by atoms with Gasteiger partial charge >= 0.3 is 13.8 Å². The number of carbonyl (C=O) groups excluding carboxylic acids is 1. The van der Waals surface area contributed by atoms with Gasteiger partial charge in [0.25, 0.3) is 0 Å². The van der Waals surface area contributed by atoms with Crippen molar-refractivity contribution < 1.29 is 58.3 Å². The van der Waals surface area contributed by atoms with E-state index in [1.807, 2.05) is 0 Å². The van der Waals surface area contributed by atoms with E-state index in [1.54, 1.807) is 0 Å². The molecular formula is C60H111O12P. The van der Waals surface area contributed by atoms with Crippen LogP contribution < -0.4 is 0 Å². The molecule has 6 unspecified atom stereocenters. The molecule has 73 heavy (non-hydrogen) atoms. The lowest BCUT2D eigenvalue weighted by Crippen LogP contribution is -2.64. The maximum Gasteiger partial charge on any atom is 0.472 e. The van der Waals surface area contributed by atoms with Gasteiger partial charge in [-0.1, -0.05) is 255 Å². The van der Waals surface area contributed by atoms with Crippen LogP contribution in [0.25, 0.3) is 0 Å². The van der Waals surface area contributed by atoms with E-state index in [1.165, 1.54) is 167 Å². The van der Waals surface area contributed by atoms with Crippen LogP contribution in [-0.4, -0.2) is 98.9 Å². The first-order chi connectivity index (χ1) is 35.5. The molecule has 1 fully saturated rings. The van der Waals surface area contributed by atoms with Gasteiger partial charge in [0.1, 0.15) is 42.7 Å². The van der Waals surface area contributed by atoms with Crippen molar-refractivity contribution in [1.29, 1.82) is 0 Å². The highest BCUT2D eigenvalue weighted by Gasteiger charge is 2.51. The Morgan fingerprint density at radius 2 is 0.808 bits per heavy atom. The van der Waals surface area contributed by atoms with E-state index in [0.29, 0.717) is 13.0 Å². The molecule has 1 aliphatic rings. The molecule has 0 spiro atoms. The lowest BCUT2D eigenvalue weighted by molar-refractivity contribution is -0.220. The third kappa shape index (κ3) is 41.1. The first kappa shape index (κ1) is 69.3. The SMILES string of the molecule is CC/C=C\C/C=C\C/C=C\C/C=C\CCCCCCCCCCCCC(=O)OC(COCCCCCCCCCCCCCCCCCCCCCCCCC)COP(=O)(O)OC1C(O)C(O)C(O)C(O)C1O. The summed E-state index contributed by atoms with van der Waals surface area (Å²) in [6.07, 6.45) is 51.8. The number of aliphatic hydroxyl groups excluding tert-OH is 5. The van der Waals surface area contributed by atoms with Crippen LogP contribution >= 0.6 is 7.82 Å². The Hall–Kier alpha value is -1.70. The molecule has 0 radical (unpaired) electrons. The lowest BCUT2D eigenvalue weighted by atomic mass is 9.85. The van der Waals surface area contributed by atoms with E-state index in [0.717, 1.165) is 70.6 Å². The van der Waals surface area contributed by atoms with E-state index in [-0.39, 0.29) is 13.0 Å². The van der Waals surface area contributed by atoms with E-state index < -0.39 is 63.1 Å². The van der Waals surface area contributed by atoms with Gasteiger partial charge in [-0.15, -0.1) is 0 Å².